The number of carbonyl (C=O) groups is 1. The highest BCUT2D eigenvalue weighted by Crippen LogP contribution is 2.41. The number of carbonyl (C=O) groups excluding carboxylic acids is 1. The first-order valence-corrected chi connectivity index (χ1v) is 10.3. The molecule has 1 saturated heterocycles. The smallest absolute Gasteiger partial charge is 0.258 e. The molecule has 0 spiro atoms. The summed E-state index contributed by atoms with van der Waals surface area (Å²) in [5, 5.41) is 12.4. The van der Waals surface area contributed by atoms with Gasteiger partial charge in [0.05, 0.1) is 18.7 Å². The van der Waals surface area contributed by atoms with Gasteiger partial charge >= 0.3 is 0 Å². The third-order valence-corrected chi connectivity index (χ3v) is 6.09. The molecule has 0 radical (unpaired) electrons. The molecule has 8 heteroatoms. The second-order valence-electron chi connectivity index (χ2n) is 7.72. The van der Waals surface area contributed by atoms with Crippen molar-refractivity contribution in [1.29, 1.82) is 5.26 Å². The Kier molecular flexibility index (Phi) is 5.44. The normalized spacial score (nSPS) is 23.3. The number of piperidine rings is 1. The number of hydrogen-bond donors (Lipinski definition) is 2. The Morgan fingerprint density at radius 3 is 2.83 bits per heavy atom. The summed E-state index contributed by atoms with van der Waals surface area (Å²) in [4.78, 5) is 35.7. The topological polar surface area (TPSA) is 111 Å². The highest BCUT2D eigenvalue weighted by atomic mass is 16.5. The first-order chi connectivity index (χ1) is 14.6. The second kappa shape index (κ2) is 8.19. The zero-order chi connectivity index (χ0) is 21.3. The van der Waals surface area contributed by atoms with E-state index in [1.165, 1.54) is 7.11 Å². The quantitative estimate of drug-likeness (QED) is 0.806. The number of benzene rings is 1. The number of para-hydroxylation sites is 1. The highest BCUT2D eigenvalue weighted by molar-refractivity contribution is 5.98. The Hall–Kier alpha value is -3.34. The van der Waals surface area contributed by atoms with Crippen molar-refractivity contribution in [1.82, 2.24) is 9.97 Å². The minimum atomic E-state index is -1.05. The fraction of sp³-hybridized carbons (Fsp3) is 0.455. The SMILES string of the molecule is CCC1CCCCN1c1nc2c(c(=O)[nH]1)C(c1ccccc1OC)C(C#N)C(=O)N2. The second-order valence-corrected chi connectivity index (χ2v) is 7.72. The Morgan fingerprint density at radius 1 is 1.30 bits per heavy atom. The van der Waals surface area contributed by atoms with Gasteiger partial charge in [-0.2, -0.15) is 10.2 Å². The minimum Gasteiger partial charge on any atom is -0.496 e. The summed E-state index contributed by atoms with van der Waals surface area (Å²) in [6.45, 7) is 2.93. The molecule has 1 fully saturated rings. The fourth-order valence-electron chi connectivity index (χ4n) is 4.60. The van der Waals surface area contributed by atoms with Crippen LogP contribution in [-0.4, -0.2) is 35.6 Å². The molecule has 30 heavy (non-hydrogen) atoms. The number of hydrogen-bond acceptors (Lipinski definition) is 6. The van der Waals surface area contributed by atoms with E-state index in [9.17, 15) is 14.9 Å². The standard InChI is InChI=1S/C22H25N5O3/c1-3-13-8-6-7-11-27(13)22-25-19-18(21(29)26-22)17(15(12-23)20(28)24-19)14-9-4-5-10-16(14)30-2/h4-5,9-10,13,15,17H,3,6-8,11H2,1-2H3,(H2,24,25,26,28,29). The molecule has 3 unspecified atom stereocenters. The Bertz CT molecular complexity index is 1060. The van der Waals surface area contributed by atoms with Crippen LogP contribution < -0.4 is 20.5 Å². The van der Waals surface area contributed by atoms with Crippen LogP contribution >= 0.6 is 0 Å². The van der Waals surface area contributed by atoms with Crippen molar-refractivity contribution in [2.24, 2.45) is 5.92 Å². The largest absolute Gasteiger partial charge is 0.496 e. The number of aromatic amines is 1. The first-order valence-electron chi connectivity index (χ1n) is 10.3. The summed E-state index contributed by atoms with van der Waals surface area (Å²) in [7, 11) is 1.52. The van der Waals surface area contributed by atoms with Gasteiger partial charge in [0.15, 0.2) is 0 Å². The van der Waals surface area contributed by atoms with Gasteiger partial charge < -0.3 is 15.0 Å². The van der Waals surface area contributed by atoms with Crippen LogP contribution in [0.4, 0.5) is 11.8 Å². The van der Waals surface area contributed by atoms with Crippen molar-refractivity contribution in [3.63, 3.8) is 0 Å². The van der Waals surface area contributed by atoms with Gasteiger partial charge in [0.1, 0.15) is 17.5 Å². The van der Waals surface area contributed by atoms with Crippen LogP contribution in [-0.2, 0) is 4.79 Å². The van der Waals surface area contributed by atoms with Crippen LogP contribution in [0.15, 0.2) is 29.1 Å². The number of ether oxygens (including phenoxy) is 1. The lowest BCUT2D eigenvalue weighted by Gasteiger charge is -2.36. The molecule has 4 rings (SSSR count). The molecule has 1 amide bonds. The molecule has 1 aromatic carbocycles. The highest BCUT2D eigenvalue weighted by Gasteiger charge is 2.41. The van der Waals surface area contributed by atoms with Gasteiger partial charge in [-0.05, 0) is 31.7 Å². The van der Waals surface area contributed by atoms with Gasteiger partial charge in [-0.25, -0.2) is 0 Å². The zero-order valence-corrected chi connectivity index (χ0v) is 17.1. The van der Waals surface area contributed by atoms with Gasteiger partial charge in [0.25, 0.3) is 5.56 Å². The average molecular weight is 407 g/mol. The number of methoxy groups -OCH3 is 1. The number of H-pyrrole nitrogens is 1. The monoisotopic (exact) mass is 407 g/mol. The van der Waals surface area contributed by atoms with Crippen molar-refractivity contribution < 1.29 is 9.53 Å². The third kappa shape index (κ3) is 3.30. The van der Waals surface area contributed by atoms with E-state index in [0.717, 1.165) is 32.2 Å². The molecule has 1 aromatic heterocycles. The van der Waals surface area contributed by atoms with Gasteiger partial charge in [-0.3, -0.25) is 14.6 Å². The summed E-state index contributed by atoms with van der Waals surface area (Å²) < 4.78 is 5.45. The summed E-state index contributed by atoms with van der Waals surface area (Å²) in [5.74, 6) is -1.06. The number of anilines is 2. The fourth-order valence-corrected chi connectivity index (χ4v) is 4.60. The van der Waals surface area contributed by atoms with Gasteiger partial charge in [-0.1, -0.05) is 25.1 Å². The van der Waals surface area contributed by atoms with E-state index in [2.05, 4.69) is 33.2 Å². The molecule has 0 aliphatic carbocycles. The minimum absolute atomic E-state index is 0.224. The lowest BCUT2D eigenvalue weighted by molar-refractivity contribution is -0.119. The lowest BCUT2D eigenvalue weighted by atomic mass is 9.79. The Balaban J connectivity index is 1.87. The van der Waals surface area contributed by atoms with Crippen LogP contribution in [0, 0.1) is 17.2 Å². The van der Waals surface area contributed by atoms with E-state index in [0.29, 0.717) is 28.9 Å². The molecule has 0 saturated carbocycles. The molecule has 8 nitrogen and oxygen atoms in total. The lowest BCUT2D eigenvalue weighted by Crippen LogP contribution is -2.43. The first kappa shape index (κ1) is 20.0. The molecule has 156 valence electrons. The number of aromatic nitrogens is 2. The maximum Gasteiger partial charge on any atom is 0.258 e. The summed E-state index contributed by atoms with van der Waals surface area (Å²) in [5.41, 5.74) is 0.568. The molecule has 0 bridgehead atoms. The van der Waals surface area contributed by atoms with Gasteiger partial charge in [0, 0.05) is 24.1 Å². The third-order valence-electron chi connectivity index (χ3n) is 6.09. The van der Waals surface area contributed by atoms with Crippen molar-refractivity contribution in [3.05, 3.63) is 45.7 Å². The van der Waals surface area contributed by atoms with E-state index in [1.807, 2.05) is 0 Å². The number of nitriles is 1. The van der Waals surface area contributed by atoms with Gasteiger partial charge in [-0.15, -0.1) is 0 Å². The molecule has 3 atom stereocenters. The number of rotatable bonds is 4. The van der Waals surface area contributed by atoms with Crippen LogP contribution in [0.2, 0.25) is 0 Å². The van der Waals surface area contributed by atoms with Crippen molar-refractivity contribution >= 4 is 17.7 Å². The number of nitrogens with one attached hydrogen (secondary N) is 2. The van der Waals surface area contributed by atoms with Gasteiger partial charge in [0.2, 0.25) is 11.9 Å². The van der Waals surface area contributed by atoms with E-state index < -0.39 is 17.7 Å². The number of amides is 1. The van der Waals surface area contributed by atoms with E-state index in [1.54, 1.807) is 24.3 Å². The van der Waals surface area contributed by atoms with Crippen molar-refractivity contribution in [2.75, 3.05) is 23.9 Å². The average Bonchev–Trinajstić information content (AvgIpc) is 2.77. The molecule has 2 aliphatic heterocycles. The van der Waals surface area contributed by atoms with Crippen LogP contribution in [0.3, 0.4) is 0 Å². The van der Waals surface area contributed by atoms with Crippen molar-refractivity contribution in [3.8, 4) is 11.8 Å². The Morgan fingerprint density at radius 2 is 2.10 bits per heavy atom. The predicted molar refractivity (Wildman–Crippen MR) is 113 cm³/mol. The zero-order valence-electron chi connectivity index (χ0n) is 17.1. The summed E-state index contributed by atoms with van der Waals surface area (Å²) >= 11 is 0. The Labute approximate surface area is 174 Å². The van der Waals surface area contributed by atoms with Crippen LogP contribution in [0.25, 0.3) is 0 Å². The summed E-state index contributed by atoms with van der Waals surface area (Å²) in [6.07, 6.45) is 4.18. The van der Waals surface area contributed by atoms with E-state index in [-0.39, 0.29) is 11.4 Å². The van der Waals surface area contributed by atoms with Crippen LogP contribution in [0.1, 0.15) is 49.7 Å². The summed E-state index contributed by atoms with van der Waals surface area (Å²) in [6, 6.07) is 9.50. The van der Waals surface area contributed by atoms with E-state index >= 15 is 0 Å². The number of nitrogens with zero attached hydrogens (tertiary/aromatic N) is 3. The molecular weight excluding hydrogens is 382 g/mol. The molecule has 2 N–H and O–H groups in total. The maximum absolute atomic E-state index is 13.3. The molecular formula is C22H25N5O3. The number of fused-ring (bicyclic) bond motifs is 1. The van der Waals surface area contributed by atoms with E-state index in [4.69, 9.17) is 4.74 Å². The maximum atomic E-state index is 13.3. The van der Waals surface area contributed by atoms with Crippen molar-refractivity contribution in [2.45, 2.75) is 44.6 Å². The molecule has 3 heterocycles. The predicted octanol–water partition coefficient (Wildman–Crippen LogP) is 2.77. The molecule has 2 aromatic rings. The van der Waals surface area contributed by atoms with Crippen LogP contribution in [0.5, 0.6) is 5.75 Å². The molecule has 2 aliphatic rings.